The van der Waals surface area contributed by atoms with Crippen LogP contribution in [0.2, 0.25) is 0 Å². The fourth-order valence-electron chi connectivity index (χ4n) is 2.71. The molecule has 1 aromatic rings. The molecule has 1 saturated carbocycles. The molecule has 0 bridgehead atoms. The minimum Gasteiger partial charge on any atom is -0.346 e. The van der Waals surface area contributed by atoms with Crippen LogP contribution < -0.4 is 10.6 Å². The first-order chi connectivity index (χ1) is 9.72. The second-order valence-corrected chi connectivity index (χ2v) is 6.05. The number of nitrogens with zero attached hydrogens (tertiary/aromatic N) is 2. The maximum Gasteiger partial charge on any atom is 0.292 e. The highest BCUT2D eigenvalue weighted by Gasteiger charge is 2.27. The summed E-state index contributed by atoms with van der Waals surface area (Å²) in [6, 6.07) is 0.316. The topological polar surface area (TPSA) is 80.1 Å². The van der Waals surface area contributed by atoms with Crippen LogP contribution in [0.15, 0.2) is 4.52 Å². The average molecular weight is 278 g/mol. The lowest BCUT2D eigenvalue weighted by Crippen LogP contribution is -2.34. The summed E-state index contributed by atoms with van der Waals surface area (Å²) in [5.74, 6) is 1.67. The average Bonchev–Trinajstić information content (AvgIpc) is 3.15. The molecular formula is C14H22N4O2. The lowest BCUT2D eigenvalue weighted by Gasteiger charge is -2.27. The van der Waals surface area contributed by atoms with E-state index < -0.39 is 0 Å². The Morgan fingerprint density at radius 3 is 3.05 bits per heavy atom. The monoisotopic (exact) mass is 278 g/mol. The van der Waals surface area contributed by atoms with Crippen molar-refractivity contribution in [3.05, 3.63) is 11.7 Å². The molecule has 2 unspecified atom stereocenters. The van der Waals surface area contributed by atoms with Gasteiger partial charge in [0, 0.05) is 12.5 Å². The zero-order chi connectivity index (χ0) is 13.9. The molecule has 1 amide bonds. The van der Waals surface area contributed by atoms with Gasteiger partial charge in [-0.2, -0.15) is 4.98 Å². The molecule has 0 aromatic carbocycles. The highest BCUT2D eigenvalue weighted by Crippen LogP contribution is 2.23. The fraction of sp³-hybridized carbons (Fsp3) is 0.786. The minimum atomic E-state index is -0.213. The van der Waals surface area contributed by atoms with Gasteiger partial charge in [-0.15, -0.1) is 0 Å². The van der Waals surface area contributed by atoms with Gasteiger partial charge in [0.05, 0.1) is 0 Å². The number of nitrogens with one attached hydrogen (secondary N) is 2. The molecule has 1 aromatic heterocycles. The van der Waals surface area contributed by atoms with Gasteiger partial charge in [-0.3, -0.25) is 4.79 Å². The number of amides is 1. The van der Waals surface area contributed by atoms with Crippen LogP contribution in [-0.2, 0) is 6.42 Å². The number of carbonyl (C=O) groups excluding carboxylic acids is 1. The van der Waals surface area contributed by atoms with Gasteiger partial charge in [0.1, 0.15) is 0 Å². The van der Waals surface area contributed by atoms with Crippen LogP contribution in [0, 0.1) is 11.8 Å². The molecule has 0 radical (unpaired) electrons. The Morgan fingerprint density at radius 1 is 1.50 bits per heavy atom. The Kier molecular flexibility index (Phi) is 4.00. The van der Waals surface area contributed by atoms with Crippen LogP contribution in [0.5, 0.6) is 0 Å². The minimum absolute atomic E-state index is 0.167. The molecule has 1 aliphatic heterocycles. The van der Waals surface area contributed by atoms with Crippen LogP contribution >= 0.6 is 0 Å². The predicted octanol–water partition coefficient (Wildman–Crippen LogP) is 1.14. The summed E-state index contributed by atoms with van der Waals surface area (Å²) in [5, 5.41) is 10.1. The van der Waals surface area contributed by atoms with E-state index in [0.29, 0.717) is 23.8 Å². The van der Waals surface area contributed by atoms with Crippen molar-refractivity contribution in [2.75, 3.05) is 13.1 Å². The summed E-state index contributed by atoms with van der Waals surface area (Å²) in [7, 11) is 0. The summed E-state index contributed by atoms with van der Waals surface area (Å²) in [5.41, 5.74) is 0. The molecule has 2 fully saturated rings. The molecule has 2 atom stereocenters. The summed E-state index contributed by atoms with van der Waals surface area (Å²) in [6.45, 7) is 4.39. The molecule has 110 valence electrons. The van der Waals surface area contributed by atoms with Crippen LogP contribution in [0.3, 0.4) is 0 Å². The maximum absolute atomic E-state index is 11.8. The predicted molar refractivity (Wildman–Crippen MR) is 73.2 cm³/mol. The van der Waals surface area contributed by atoms with Gasteiger partial charge in [-0.25, -0.2) is 0 Å². The summed E-state index contributed by atoms with van der Waals surface area (Å²) >= 11 is 0. The van der Waals surface area contributed by atoms with E-state index in [9.17, 15) is 4.79 Å². The van der Waals surface area contributed by atoms with E-state index in [1.54, 1.807) is 0 Å². The third kappa shape index (κ3) is 3.36. The molecule has 3 rings (SSSR count). The Hall–Kier alpha value is -1.43. The smallest absolute Gasteiger partial charge is 0.292 e. The second kappa shape index (κ2) is 5.91. The van der Waals surface area contributed by atoms with Crippen LogP contribution in [0.1, 0.15) is 49.1 Å². The Balaban J connectivity index is 1.54. The second-order valence-electron chi connectivity index (χ2n) is 6.05. The van der Waals surface area contributed by atoms with Crippen LogP contribution in [0.4, 0.5) is 0 Å². The third-order valence-electron chi connectivity index (χ3n) is 4.22. The van der Waals surface area contributed by atoms with Crippen molar-refractivity contribution in [3.8, 4) is 0 Å². The standard InChI is InChI=1S/C14H22N4O2/c1-9(10-3-2-6-15-8-10)7-12-17-13(18-20-12)14(19)16-11-4-5-11/h9-11,15H,2-8H2,1H3,(H,16,19). The molecule has 1 aliphatic carbocycles. The van der Waals surface area contributed by atoms with Crippen molar-refractivity contribution in [1.29, 1.82) is 0 Å². The summed E-state index contributed by atoms with van der Waals surface area (Å²) < 4.78 is 5.21. The van der Waals surface area contributed by atoms with E-state index in [0.717, 1.165) is 32.4 Å². The first-order valence-electron chi connectivity index (χ1n) is 7.56. The zero-order valence-electron chi connectivity index (χ0n) is 11.9. The Labute approximate surface area is 118 Å². The molecule has 20 heavy (non-hydrogen) atoms. The number of hydrogen-bond acceptors (Lipinski definition) is 5. The third-order valence-corrected chi connectivity index (χ3v) is 4.22. The van der Waals surface area contributed by atoms with E-state index in [4.69, 9.17) is 4.52 Å². The van der Waals surface area contributed by atoms with E-state index in [2.05, 4.69) is 27.7 Å². The maximum atomic E-state index is 11.8. The van der Waals surface area contributed by atoms with Crippen molar-refractivity contribution < 1.29 is 9.32 Å². The molecular weight excluding hydrogens is 256 g/mol. The molecule has 2 N–H and O–H groups in total. The normalized spacial score (nSPS) is 24.4. The number of hydrogen-bond donors (Lipinski definition) is 2. The largest absolute Gasteiger partial charge is 0.346 e. The number of aromatic nitrogens is 2. The molecule has 6 heteroatoms. The van der Waals surface area contributed by atoms with Crippen molar-refractivity contribution >= 4 is 5.91 Å². The van der Waals surface area contributed by atoms with Crippen molar-refractivity contribution in [1.82, 2.24) is 20.8 Å². The lowest BCUT2D eigenvalue weighted by molar-refractivity contribution is 0.0937. The molecule has 2 aliphatic rings. The van der Waals surface area contributed by atoms with E-state index in [1.807, 2.05) is 0 Å². The van der Waals surface area contributed by atoms with Gasteiger partial charge in [0.15, 0.2) is 0 Å². The van der Waals surface area contributed by atoms with Crippen LogP contribution in [-0.4, -0.2) is 35.2 Å². The Morgan fingerprint density at radius 2 is 2.35 bits per heavy atom. The summed E-state index contributed by atoms with van der Waals surface area (Å²) in [6.07, 6.45) is 5.34. The highest BCUT2D eigenvalue weighted by atomic mass is 16.5. The van der Waals surface area contributed by atoms with E-state index >= 15 is 0 Å². The highest BCUT2D eigenvalue weighted by molar-refractivity contribution is 5.90. The van der Waals surface area contributed by atoms with Crippen LogP contribution in [0.25, 0.3) is 0 Å². The van der Waals surface area contributed by atoms with E-state index in [1.165, 1.54) is 12.8 Å². The molecule has 1 saturated heterocycles. The fourth-order valence-corrected chi connectivity index (χ4v) is 2.71. The quantitative estimate of drug-likeness (QED) is 0.844. The first kappa shape index (κ1) is 13.5. The van der Waals surface area contributed by atoms with Gasteiger partial charge in [0.25, 0.3) is 11.7 Å². The SMILES string of the molecule is CC(Cc1nc(C(=O)NC2CC2)no1)C1CCCNC1. The van der Waals surface area contributed by atoms with Gasteiger partial charge >= 0.3 is 0 Å². The Bertz CT molecular complexity index is 463. The van der Waals surface area contributed by atoms with Crippen molar-refractivity contribution in [2.45, 2.75) is 45.1 Å². The van der Waals surface area contributed by atoms with Gasteiger partial charge in [-0.1, -0.05) is 12.1 Å². The number of carbonyl (C=O) groups is 1. The van der Waals surface area contributed by atoms with E-state index in [-0.39, 0.29) is 11.7 Å². The van der Waals surface area contributed by atoms with Crippen molar-refractivity contribution in [2.24, 2.45) is 11.8 Å². The lowest BCUT2D eigenvalue weighted by atomic mass is 9.85. The van der Waals surface area contributed by atoms with Gasteiger partial charge in [0.2, 0.25) is 5.89 Å². The molecule has 2 heterocycles. The number of piperidine rings is 1. The first-order valence-corrected chi connectivity index (χ1v) is 7.56. The van der Waals surface area contributed by atoms with Crippen molar-refractivity contribution in [3.63, 3.8) is 0 Å². The molecule has 6 nitrogen and oxygen atoms in total. The molecule has 0 spiro atoms. The van der Waals surface area contributed by atoms with Gasteiger partial charge in [-0.05, 0) is 50.6 Å². The number of rotatable bonds is 5. The summed E-state index contributed by atoms with van der Waals surface area (Å²) in [4.78, 5) is 16.0. The van der Waals surface area contributed by atoms with Gasteiger partial charge < -0.3 is 15.2 Å². The zero-order valence-corrected chi connectivity index (χ0v) is 11.9.